The van der Waals surface area contributed by atoms with Crippen molar-refractivity contribution in [3.8, 4) is 11.4 Å². The second kappa shape index (κ2) is 4.03. The van der Waals surface area contributed by atoms with Gasteiger partial charge in [0.1, 0.15) is 5.82 Å². The molecule has 0 unspecified atom stereocenters. The number of nitrogens with zero attached hydrogens (tertiary/aromatic N) is 2. The highest BCUT2D eigenvalue weighted by Gasteiger charge is 2.10. The normalized spacial score (nSPS) is 11.0. The Balaban J connectivity index is 2.32. The molecule has 2 heterocycles. The molecule has 0 spiro atoms. The minimum atomic E-state index is 0.700. The smallest absolute Gasteiger partial charge is 0.144 e. The lowest BCUT2D eigenvalue weighted by Gasteiger charge is -2.03. The molecule has 2 N–H and O–H groups in total. The molecule has 1 aromatic carbocycles. The Morgan fingerprint density at radius 1 is 1.22 bits per heavy atom. The van der Waals surface area contributed by atoms with E-state index in [1.165, 1.54) is 0 Å². The van der Waals surface area contributed by atoms with Crippen LogP contribution in [0.5, 0.6) is 0 Å². The third kappa shape index (κ3) is 1.73. The van der Waals surface area contributed by atoms with Gasteiger partial charge in [0.05, 0.1) is 11.2 Å². The number of hydrogen-bond donors (Lipinski definition) is 1. The number of anilines is 1. The molecule has 0 aliphatic heterocycles. The SMILES string of the molecule is Cc1nc(-c2cccc(Cl)c2)n2cc(N)ccc12. The number of nitrogens with two attached hydrogens (primary N) is 1. The van der Waals surface area contributed by atoms with Crippen LogP contribution < -0.4 is 5.73 Å². The van der Waals surface area contributed by atoms with Gasteiger partial charge in [-0.15, -0.1) is 0 Å². The fourth-order valence-electron chi connectivity index (χ4n) is 2.09. The number of aromatic nitrogens is 2. The van der Waals surface area contributed by atoms with E-state index >= 15 is 0 Å². The second-order valence-corrected chi connectivity index (χ2v) is 4.69. The summed E-state index contributed by atoms with van der Waals surface area (Å²) in [6.07, 6.45) is 1.88. The van der Waals surface area contributed by atoms with Gasteiger partial charge in [0, 0.05) is 22.5 Å². The minimum absolute atomic E-state index is 0.700. The molecule has 0 amide bonds. The molecule has 3 aromatic rings. The first-order valence-corrected chi connectivity index (χ1v) is 6.03. The van der Waals surface area contributed by atoms with Crippen molar-refractivity contribution in [2.75, 3.05) is 5.73 Å². The van der Waals surface area contributed by atoms with Crippen LogP contribution in [-0.2, 0) is 0 Å². The fraction of sp³-hybridized carbons (Fsp3) is 0.0714. The topological polar surface area (TPSA) is 43.3 Å². The highest BCUT2D eigenvalue weighted by atomic mass is 35.5. The summed E-state index contributed by atoms with van der Waals surface area (Å²) >= 11 is 6.02. The number of fused-ring (bicyclic) bond motifs is 1. The summed E-state index contributed by atoms with van der Waals surface area (Å²) in [6.45, 7) is 1.99. The Bertz CT molecular complexity index is 731. The summed E-state index contributed by atoms with van der Waals surface area (Å²) in [4.78, 5) is 4.59. The van der Waals surface area contributed by atoms with Crippen molar-refractivity contribution in [1.82, 2.24) is 9.38 Å². The molecule has 18 heavy (non-hydrogen) atoms. The fourth-order valence-corrected chi connectivity index (χ4v) is 2.28. The number of nitrogen functional groups attached to an aromatic ring is 1. The van der Waals surface area contributed by atoms with E-state index in [0.29, 0.717) is 10.7 Å². The maximum atomic E-state index is 6.02. The Labute approximate surface area is 110 Å². The van der Waals surface area contributed by atoms with Crippen molar-refractivity contribution < 1.29 is 0 Å². The second-order valence-electron chi connectivity index (χ2n) is 4.25. The zero-order valence-corrected chi connectivity index (χ0v) is 10.6. The molecule has 2 aromatic heterocycles. The van der Waals surface area contributed by atoms with Gasteiger partial charge in [0.25, 0.3) is 0 Å². The van der Waals surface area contributed by atoms with Gasteiger partial charge in [-0.05, 0) is 31.2 Å². The molecule has 90 valence electrons. The molecule has 0 bridgehead atoms. The Hall–Kier alpha value is -2.00. The first-order chi connectivity index (χ1) is 8.65. The molecule has 0 saturated carbocycles. The molecule has 3 rings (SSSR count). The third-order valence-corrected chi connectivity index (χ3v) is 3.16. The number of benzene rings is 1. The third-order valence-electron chi connectivity index (χ3n) is 2.93. The molecule has 0 fully saturated rings. The minimum Gasteiger partial charge on any atom is -0.398 e. The standard InChI is InChI=1S/C14H12ClN3/c1-9-13-6-5-12(16)8-18(13)14(17-9)10-3-2-4-11(15)7-10/h2-8H,16H2,1H3. The molecule has 3 nitrogen and oxygen atoms in total. The van der Waals surface area contributed by atoms with Gasteiger partial charge in [-0.2, -0.15) is 0 Å². The highest BCUT2D eigenvalue weighted by Crippen LogP contribution is 2.25. The largest absolute Gasteiger partial charge is 0.398 e. The predicted octanol–water partition coefficient (Wildman–Crippen LogP) is 3.55. The number of imidazole rings is 1. The van der Waals surface area contributed by atoms with Crippen molar-refractivity contribution in [3.05, 3.63) is 53.3 Å². The monoisotopic (exact) mass is 257 g/mol. The van der Waals surface area contributed by atoms with Crippen molar-refractivity contribution in [3.63, 3.8) is 0 Å². The lowest BCUT2D eigenvalue weighted by molar-refractivity contribution is 1.16. The first kappa shape index (κ1) is 11.1. The number of rotatable bonds is 1. The summed E-state index contributed by atoms with van der Waals surface area (Å²) in [5.74, 6) is 0.859. The van der Waals surface area contributed by atoms with Crippen LogP contribution in [0, 0.1) is 6.92 Å². The summed E-state index contributed by atoms with van der Waals surface area (Å²) in [7, 11) is 0. The molecule has 0 aliphatic rings. The first-order valence-electron chi connectivity index (χ1n) is 5.65. The molecule has 4 heteroatoms. The van der Waals surface area contributed by atoms with E-state index in [-0.39, 0.29) is 0 Å². The lowest BCUT2D eigenvalue weighted by Crippen LogP contribution is -1.92. The van der Waals surface area contributed by atoms with E-state index in [1.54, 1.807) is 0 Å². The maximum Gasteiger partial charge on any atom is 0.144 e. The van der Waals surface area contributed by atoms with Gasteiger partial charge >= 0.3 is 0 Å². The summed E-state index contributed by atoms with van der Waals surface area (Å²) in [5, 5.41) is 0.700. The van der Waals surface area contributed by atoms with Gasteiger partial charge in [-0.3, -0.25) is 4.40 Å². The summed E-state index contributed by atoms with van der Waals surface area (Å²) in [5.41, 5.74) is 9.56. The quantitative estimate of drug-likeness (QED) is 0.725. The van der Waals surface area contributed by atoms with Crippen LogP contribution in [0.2, 0.25) is 5.02 Å². The van der Waals surface area contributed by atoms with E-state index in [1.807, 2.05) is 53.9 Å². The van der Waals surface area contributed by atoms with Crippen LogP contribution >= 0.6 is 11.6 Å². The number of halogens is 1. The molecule has 0 aliphatic carbocycles. The van der Waals surface area contributed by atoms with Gasteiger partial charge in [0.2, 0.25) is 0 Å². The van der Waals surface area contributed by atoms with Crippen molar-refractivity contribution in [2.24, 2.45) is 0 Å². The van der Waals surface area contributed by atoms with Crippen LogP contribution in [0.25, 0.3) is 16.9 Å². The van der Waals surface area contributed by atoms with Crippen LogP contribution in [0.15, 0.2) is 42.6 Å². The van der Waals surface area contributed by atoms with Crippen LogP contribution in [0.1, 0.15) is 5.69 Å². The summed E-state index contributed by atoms with van der Waals surface area (Å²) < 4.78 is 2.00. The van der Waals surface area contributed by atoms with Crippen LogP contribution in [0.4, 0.5) is 5.69 Å². The summed E-state index contributed by atoms with van der Waals surface area (Å²) in [6, 6.07) is 11.5. The van der Waals surface area contributed by atoms with Gasteiger partial charge < -0.3 is 5.73 Å². The van der Waals surface area contributed by atoms with Gasteiger partial charge in [-0.25, -0.2) is 4.98 Å². The Kier molecular flexibility index (Phi) is 2.49. The maximum absolute atomic E-state index is 6.02. The van der Waals surface area contributed by atoms with E-state index in [4.69, 9.17) is 17.3 Å². The lowest BCUT2D eigenvalue weighted by atomic mass is 10.2. The van der Waals surface area contributed by atoms with Crippen molar-refractivity contribution >= 4 is 22.8 Å². The number of hydrogen-bond acceptors (Lipinski definition) is 2. The zero-order valence-electron chi connectivity index (χ0n) is 9.89. The van der Waals surface area contributed by atoms with E-state index in [9.17, 15) is 0 Å². The molecule has 0 radical (unpaired) electrons. The van der Waals surface area contributed by atoms with E-state index in [2.05, 4.69) is 4.98 Å². The molecule has 0 saturated heterocycles. The van der Waals surface area contributed by atoms with Gasteiger partial charge in [0.15, 0.2) is 0 Å². The molecule has 0 atom stereocenters. The van der Waals surface area contributed by atoms with Crippen molar-refractivity contribution in [1.29, 1.82) is 0 Å². The average Bonchev–Trinajstić information content (AvgIpc) is 2.66. The van der Waals surface area contributed by atoms with Crippen LogP contribution in [0.3, 0.4) is 0 Å². The Morgan fingerprint density at radius 3 is 2.83 bits per heavy atom. The van der Waals surface area contributed by atoms with Gasteiger partial charge in [-0.1, -0.05) is 23.7 Å². The average molecular weight is 258 g/mol. The highest BCUT2D eigenvalue weighted by molar-refractivity contribution is 6.30. The molecular formula is C14H12ClN3. The van der Waals surface area contributed by atoms with E-state index < -0.39 is 0 Å². The Morgan fingerprint density at radius 2 is 2.06 bits per heavy atom. The molecular weight excluding hydrogens is 246 g/mol. The zero-order chi connectivity index (χ0) is 12.7. The number of pyridine rings is 1. The van der Waals surface area contributed by atoms with E-state index in [0.717, 1.165) is 22.6 Å². The van der Waals surface area contributed by atoms with Crippen LogP contribution in [-0.4, -0.2) is 9.38 Å². The predicted molar refractivity (Wildman–Crippen MR) is 74.8 cm³/mol. The number of aryl methyl sites for hydroxylation is 1. The van der Waals surface area contributed by atoms with Crippen molar-refractivity contribution in [2.45, 2.75) is 6.92 Å².